The topological polar surface area (TPSA) is 44.8 Å². The molecule has 1 aliphatic rings. The van der Waals surface area contributed by atoms with Crippen molar-refractivity contribution in [3.05, 3.63) is 30.3 Å². The molecule has 0 saturated carbocycles. The average molecular weight is 291 g/mol. The lowest BCUT2D eigenvalue weighted by Crippen LogP contribution is -2.43. The van der Waals surface area contributed by atoms with Crippen molar-refractivity contribution in [2.24, 2.45) is 0 Å². The molecule has 0 spiro atoms. The Morgan fingerprint density at radius 3 is 2.71 bits per heavy atom. The SMILES string of the molecule is CN(CCCNC(=O)CN1CCOCC1)c1ccccc1. The lowest BCUT2D eigenvalue weighted by Gasteiger charge is -2.25. The smallest absolute Gasteiger partial charge is 0.234 e. The summed E-state index contributed by atoms with van der Waals surface area (Å²) in [5.41, 5.74) is 1.21. The Kier molecular flexibility index (Phi) is 6.50. The molecular weight excluding hydrogens is 266 g/mol. The summed E-state index contributed by atoms with van der Waals surface area (Å²) < 4.78 is 5.27. The van der Waals surface area contributed by atoms with Gasteiger partial charge in [-0.2, -0.15) is 0 Å². The second-order valence-electron chi connectivity index (χ2n) is 5.35. The monoisotopic (exact) mass is 291 g/mol. The van der Waals surface area contributed by atoms with E-state index in [4.69, 9.17) is 4.74 Å². The first kappa shape index (κ1) is 15.8. The Hall–Kier alpha value is -1.59. The van der Waals surface area contributed by atoms with Crippen molar-refractivity contribution in [3.8, 4) is 0 Å². The summed E-state index contributed by atoms with van der Waals surface area (Å²) in [4.78, 5) is 16.2. The van der Waals surface area contributed by atoms with Gasteiger partial charge in [0.25, 0.3) is 0 Å². The summed E-state index contributed by atoms with van der Waals surface area (Å²) in [6.45, 7) is 5.30. The maximum Gasteiger partial charge on any atom is 0.234 e. The second kappa shape index (κ2) is 8.64. The normalized spacial score (nSPS) is 15.7. The molecule has 1 aromatic carbocycles. The van der Waals surface area contributed by atoms with Crippen LogP contribution >= 0.6 is 0 Å². The largest absolute Gasteiger partial charge is 0.379 e. The van der Waals surface area contributed by atoms with Gasteiger partial charge in [-0.15, -0.1) is 0 Å². The van der Waals surface area contributed by atoms with Gasteiger partial charge in [-0.05, 0) is 18.6 Å². The highest BCUT2D eigenvalue weighted by Crippen LogP contribution is 2.10. The number of nitrogens with zero attached hydrogens (tertiary/aromatic N) is 2. The fraction of sp³-hybridized carbons (Fsp3) is 0.562. The van der Waals surface area contributed by atoms with E-state index in [1.54, 1.807) is 0 Å². The fourth-order valence-corrected chi connectivity index (χ4v) is 2.37. The number of rotatable bonds is 7. The zero-order chi connectivity index (χ0) is 14.9. The van der Waals surface area contributed by atoms with Gasteiger partial charge in [-0.3, -0.25) is 9.69 Å². The van der Waals surface area contributed by atoms with Crippen LogP contribution in [0.25, 0.3) is 0 Å². The third kappa shape index (κ3) is 5.73. The molecule has 0 bridgehead atoms. The number of para-hydroxylation sites is 1. The molecule has 0 atom stereocenters. The number of amides is 1. The van der Waals surface area contributed by atoms with Gasteiger partial charge in [0.15, 0.2) is 0 Å². The first-order chi connectivity index (χ1) is 10.3. The van der Waals surface area contributed by atoms with Crippen LogP contribution in [0.2, 0.25) is 0 Å². The molecule has 116 valence electrons. The quantitative estimate of drug-likeness (QED) is 0.760. The van der Waals surface area contributed by atoms with Crippen LogP contribution in [0.5, 0.6) is 0 Å². The Labute approximate surface area is 126 Å². The predicted octanol–water partition coefficient (Wildman–Crippen LogP) is 0.961. The number of morpholine rings is 1. The molecule has 0 aromatic heterocycles. The van der Waals surface area contributed by atoms with Crippen molar-refractivity contribution >= 4 is 11.6 Å². The molecule has 1 fully saturated rings. The number of ether oxygens (including phenoxy) is 1. The molecule has 1 amide bonds. The van der Waals surface area contributed by atoms with E-state index in [1.807, 2.05) is 18.2 Å². The van der Waals surface area contributed by atoms with E-state index in [1.165, 1.54) is 5.69 Å². The molecule has 5 nitrogen and oxygen atoms in total. The van der Waals surface area contributed by atoms with Crippen molar-refractivity contribution in [3.63, 3.8) is 0 Å². The van der Waals surface area contributed by atoms with Gasteiger partial charge in [-0.25, -0.2) is 0 Å². The van der Waals surface area contributed by atoms with Crippen molar-refractivity contribution in [1.29, 1.82) is 0 Å². The van der Waals surface area contributed by atoms with Gasteiger partial charge in [0.05, 0.1) is 19.8 Å². The Balaban J connectivity index is 1.57. The maximum absolute atomic E-state index is 11.8. The van der Waals surface area contributed by atoms with Crippen LogP contribution < -0.4 is 10.2 Å². The number of hydrogen-bond donors (Lipinski definition) is 1. The van der Waals surface area contributed by atoms with Crippen LogP contribution in [0, 0.1) is 0 Å². The number of hydrogen-bond acceptors (Lipinski definition) is 4. The van der Waals surface area contributed by atoms with E-state index >= 15 is 0 Å². The minimum absolute atomic E-state index is 0.110. The van der Waals surface area contributed by atoms with E-state index in [0.717, 1.165) is 45.8 Å². The van der Waals surface area contributed by atoms with Crippen LogP contribution in [0.3, 0.4) is 0 Å². The van der Waals surface area contributed by atoms with Gasteiger partial charge in [0.2, 0.25) is 5.91 Å². The molecule has 21 heavy (non-hydrogen) atoms. The molecule has 1 N–H and O–H groups in total. The Morgan fingerprint density at radius 1 is 1.29 bits per heavy atom. The molecule has 1 aliphatic heterocycles. The van der Waals surface area contributed by atoms with E-state index in [-0.39, 0.29) is 5.91 Å². The van der Waals surface area contributed by atoms with Crippen LogP contribution in [0.15, 0.2) is 30.3 Å². The zero-order valence-electron chi connectivity index (χ0n) is 12.8. The standard InChI is InChI=1S/C16H25N3O2/c1-18(15-6-3-2-4-7-15)9-5-8-17-16(20)14-19-10-12-21-13-11-19/h2-4,6-7H,5,8-14H2,1H3,(H,17,20). The summed E-state index contributed by atoms with van der Waals surface area (Å²) in [5.74, 6) is 0.110. The van der Waals surface area contributed by atoms with Gasteiger partial charge >= 0.3 is 0 Å². The number of benzene rings is 1. The fourth-order valence-electron chi connectivity index (χ4n) is 2.37. The highest BCUT2D eigenvalue weighted by molar-refractivity contribution is 5.77. The molecular formula is C16H25N3O2. The van der Waals surface area contributed by atoms with E-state index in [2.05, 4.69) is 34.3 Å². The first-order valence-corrected chi connectivity index (χ1v) is 7.58. The van der Waals surface area contributed by atoms with E-state index in [9.17, 15) is 4.79 Å². The molecule has 2 rings (SSSR count). The second-order valence-corrected chi connectivity index (χ2v) is 5.35. The summed E-state index contributed by atoms with van der Waals surface area (Å²) >= 11 is 0. The van der Waals surface area contributed by atoms with Crippen molar-refractivity contribution < 1.29 is 9.53 Å². The third-order valence-electron chi connectivity index (χ3n) is 3.66. The zero-order valence-corrected chi connectivity index (χ0v) is 12.8. The van der Waals surface area contributed by atoms with Crippen molar-refractivity contribution in [1.82, 2.24) is 10.2 Å². The van der Waals surface area contributed by atoms with Gasteiger partial charge in [0.1, 0.15) is 0 Å². The lowest BCUT2D eigenvalue weighted by atomic mass is 10.3. The minimum Gasteiger partial charge on any atom is -0.379 e. The van der Waals surface area contributed by atoms with Crippen molar-refractivity contribution in [2.45, 2.75) is 6.42 Å². The summed E-state index contributed by atoms with van der Waals surface area (Å²) in [6, 6.07) is 10.3. The van der Waals surface area contributed by atoms with Crippen LogP contribution in [0.4, 0.5) is 5.69 Å². The number of carbonyl (C=O) groups excluding carboxylic acids is 1. The highest BCUT2D eigenvalue weighted by Gasteiger charge is 2.13. The van der Waals surface area contributed by atoms with Gasteiger partial charge in [-0.1, -0.05) is 18.2 Å². The van der Waals surface area contributed by atoms with Gasteiger partial charge < -0.3 is 15.0 Å². The number of carbonyl (C=O) groups is 1. The molecule has 5 heteroatoms. The Morgan fingerprint density at radius 2 is 2.00 bits per heavy atom. The van der Waals surface area contributed by atoms with Gasteiger partial charge in [0, 0.05) is 38.9 Å². The molecule has 1 aromatic rings. The Bertz CT molecular complexity index is 419. The molecule has 1 saturated heterocycles. The number of nitrogens with one attached hydrogen (secondary N) is 1. The minimum atomic E-state index is 0.110. The molecule has 0 unspecified atom stereocenters. The molecule has 0 aliphatic carbocycles. The predicted molar refractivity (Wildman–Crippen MR) is 84.6 cm³/mol. The molecule has 0 radical (unpaired) electrons. The lowest BCUT2D eigenvalue weighted by molar-refractivity contribution is -0.123. The van der Waals surface area contributed by atoms with Crippen LogP contribution in [-0.2, 0) is 9.53 Å². The average Bonchev–Trinajstić information content (AvgIpc) is 2.53. The van der Waals surface area contributed by atoms with E-state index < -0.39 is 0 Å². The maximum atomic E-state index is 11.8. The summed E-state index contributed by atoms with van der Waals surface area (Å²) in [6.07, 6.45) is 0.945. The first-order valence-electron chi connectivity index (χ1n) is 7.58. The van der Waals surface area contributed by atoms with Crippen molar-refractivity contribution in [2.75, 3.05) is 57.9 Å². The molecule has 1 heterocycles. The summed E-state index contributed by atoms with van der Waals surface area (Å²) in [5, 5.41) is 2.99. The number of anilines is 1. The highest BCUT2D eigenvalue weighted by atomic mass is 16.5. The van der Waals surface area contributed by atoms with Crippen LogP contribution in [-0.4, -0.2) is 63.8 Å². The summed E-state index contributed by atoms with van der Waals surface area (Å²) in [7, 11) is 2.07. The van der Waals surface area contributed by atoms with Crippen LogP contribution in [0.1, 0.15) is 6.42 Å². The van der Waals surface area contributed by atoms with E-state index in [0.29, 0.717) is 6.54 Å². The third-order valence-corrected chi connectivity index (χ3v) is 3.66.